The van der Waals surface area contributed by atoms with Gasteiger partial charge in [0, 0.05) is 49.2 Å². The van der Waals surface area contributed by atoms with Crippen molar-refractivity contribution in [2.75, 3.05) is 13.7 Å². The average molecular weight is 573 g/mol. The summed E-state index contributed by atoms with van der Waals surface area (Å²) in [4.78, 5) is 37.8. The lowest BCUT2D eigenvalue weighted by Crippen LogP contribution is -2.53. The van der Waals surface area contributed by atoms with Crippen molar-refractivity contribution in [1.29, 1.82) is 0 Å². The minimum absolute atomic E-state index is 0.0619. The number of alkyl carbamates (subject to hydrolysis) is 1. The number of benzene rings is 1. The first-order valence-electron chi connectivity index (χ1n) is 14.8. The molecule has 2 amide bonds. The minimum atomic E-state index is -0.575. The topological polar surface area (TPSA) is 104 Å². The molecule has 0 radical (unpaired) electrons. The van der Waals surface area contributed by atoms with Gasteiger partial charge in [0.2, 0.25) is 5.88 Å². The number of hydrogen-bond donors (Lipinski definition) is 1. The molecule has 0 spiro atoms. The Kier molecular flexibility index (Phi) is 7.11. The van der Waals surface area contributed by atoms with Crippen LogP contribution in [0.5, 0.6) is 5.88 Å². The zero-order valence-corrected chi connectivity index (χ0v) is 25.3. The Morgan fingerprint density at radius 2 is 1.83 bits per heavy atom. The van der Waals surface area contributed by atoms with Gasteiger partial charge in [-0.25, -0.2) is 9.78 Å². The summed E-state index contributed by atoms with van der Waals surface area (Å²) < 4.78 is 15.2. The van der Waals surface area contributed by atoms with Gasteiger partial charge in [0.25, 0.3) is 5.91 Å². The second-order valence-corrected chi connectivity index (χ2v) is 12.8. The highest BCUT2D eigenvalue weighted by Crippen LogP contribution is 2.36. The molecular weight excluding hydrogens is 532 g/mol. The molecule has 1 N–H and O–H groups in total. The third-order valence-corrected chi connectivity index (χ3v) is 8.29. The standard InChI is InChI=1S/C32H40N6O4/c1-19-7-12-23(33-31(40)42-32(2,3)4)18-37(19)30(39)22-10-13-25-24(15-22)34-29(36(25)5)26-16-21-11-14-27(41-6)35-28(21)38(26)17-20-8-9-20/h10-11,13-16,19-20,23H,7-9,12,17-18H2,1-6H3,(H,33,40)/t19-,23+/m0/s1. The second-order valence-electron chi connectivity index (χ2n) is 12.8. The number of carbonyl (C=O) groups is 2. The van der Waals surface area contributed by atoms with Crippen LogP contribution in [-0.4, -0.2) is 67.3 Å². The summed E-state index contributed by atoms with van der Waals surface area (Å²) in [5.41, 5.74) is 3.62. The van der Waals surface area contributed by atoms with E-state index in [4.69, 9.17) is 19.4 Å². The van der Waals surface area contributed by atoms with Crippen LogP contribution < -0.4 is 10.1 Å². The number of hydrogen-bond acceptors (Lipinski definition) is 6. The van der Waals surface area contributed by atoms with Gasteiger partial charge < -0.3 is 28.8 Å². The van der Waals surface area contributed by atoms with E-state index in [0.717, 1.165) is 53.0 Å². The Bertz CT molecular complexity index is 1660. The van der Waals surface area contributed by atoms with Crippen LogP contribution in [-0.2, 0) is 18.3 Å². The number of amides is 2. The molecule has 1 aliphatic carbocycles. The molecule has 1 saturated heterocycles. The number of ether oxygens (including phenoxy) is 2. The number of piperidine rings is 1. The normalized spacial score (nSPS) is 19.3. The van der Waals surface area contributed by atoms with Crippen molar-refractivity contribution in [2.45, 2.75) is 77.6 Å². The fourth-order valence-corrected chi connectivity index (χ4v) is 5.86. The van der Waals surface area contributed by atoms with Crippen molar-refractivity contribution in [3.05, 3.63) is 42.0 Å². The smallest absolute Gasteiger partial charge is 0.407 e. The number of imidazole rings is 1. The quantitative estimate of drug-likeness (QED) is 0.326. The molecule has 0 bridgehead atoms. The molecule has 42 heavy (non-hydrogen) atoms. The summed E-state index contributed by atoms with van der Waals surface area (Å²) in [5, 5.41) is 3.99. The molecule has 10 nitrogen and oxygen atoms in total. The summed E-state index contributed by atoms with van der Waals surface area (Å²) in [5.74, 6) is 2.01. The number of fused-ring (bicyclic) bond motifs is 2. The third kappa shape index (κ3) is 5.54. The van der Waals surface area contributed by atoms with E-state index in [1.165, 1.54) is 12.8 Å². The van der Waals surface area contributed by atoms with E-state index in [-0.39, 0.29) is 18.0 Å². The van der Waals surface area contributed by atoms with Crippen LogP contribution in [0.2, 0.25) is 0 Å². The predicted octanol–water partition coefficient (Wildman–Crippen LogP) is 5.53. The van der Waals surface area contributed by atoms with Gasteiger partial charge in [0.1, 0.15) is 11.2 Å². The Hall–Kier alpha value is -4.08. The fraction of sp³-hybridized carbons (Fsp3) is 0.500. The van der Waals surface area contributed by atoms with E-state index in [0.29, 0.717) is 23.9 Å². The maximum Gasteiger partial charge on any atom is 0.407 e. The molecule has 1 aromatic carbocycles. The lowest BCUT2D eigenvalue weighted by molar-refractivity contribution is 0.0412. The van der Waals surface area contributed by atoms with Crippen molar-refractivity contribution in [3.8, 4) is 17.4 Å². The molecule has 2 aliphatic rings. The number of aromatic nitrogens is 4. The number of rotatable bonds is 6. The SMILES string of the molecule is COc1ccc2cc(-c3nc4cc(C(=O)N5C[C@H](NC(=O)OC(C)(C)C)CC[C@@H]5C)ccc4n3C)n(CC3CC3)c2n1. The maximum absolute atomic E-state index is 13.8. The molecule has 1 saturated carbocycles. The summed E-state index contributed by atoms with van der Waals surface area (Å²) in [7, 11) is 3.65. The van der Waals surface area contributed by atoms with Gasteiger partial charge in [0.15, 0.2) is 5.82 Å². The van der Waals surface area contributed by atoms with Gasteiger partial charge in [0.05, 0.1) is 23.8 Å². The predicted molar refractivity (Wildman–Crippen MR) is 162 cm³/mol. The van der Waals surface area contributed by atoms with E-state index in [2.05, 4.69) is 27.4 Å². The lowest BCUT2D eigenvalue weighted by atomic mass is 9.98. The van der Waals surface area contributed by atoms with Gasteiger partial charge in [-0.2, -0.15) is 4.98 Å². The van der Waals surface area contributed by atoms with Crippen LogP contribution >= 0.6 is 0 Å². The number of nitrogens with zero attached hydrogens (tertiary/aromatic N) is 5. The molecule has 3 aromatic heterocycles. The van der Waals surface area contributed by atoms with Gasteiger partial charge in [-0.1, -0.05) is 0 Å². The van der Waals surface area contributed by atoms with Crippen molar-refractivity contribution < 1.29 is 19.1 Å². The summed E-state index contributed by atoms with van der Waals surface area (Å²) in [6, 6.07) is 11.7. The van der Waals surface area contributed by atoms with E-state index in [9.17, 15) is 9.59 Å². The van der Waals surface area contributed by atoms with Crippen LogP contribution in [0.25, 0.3) is 33.6 Å². The number of carbonyl (C=O) groups excluding carboxylic acids is 2. The fourth-order valence-electron chi connectivity index (χ4n) is 5.86. The van der Waals surface area contributed by atoms with Crippen LogP contribution in [0, 0.1) is 5.92 Å². The summed E-state index contributed by atoms with van der Waals surface area (Å²) in [6.07, 6.45) is 3.58. The third-order valence-electron chi connectivity index (χ3n) is 8.29. The summed E-state index contributed by atoms with van der Waals surface area (Å²) in [6.45, 7) is 8.89. The highest BCUT2D eigenvalue weighted by atomic mass is 16.6. The first-order valence-corrected chi connectivity index (χ1v) is 14.8. The van der Waals surface area contributed by atoms with E-state index in [1.54, 1.807) is 7.11 Å². The van der Waals surface area contributed by atoms with Gasteiger partial charge in [-0.05, 0) is 89.6 Å². The zero-order valence-electron chi connectivity index (χ0n) is 25.3. The highest BCUT2D eigenvalue weighted by Gasteiger charge is 2.32. The number of aryl methyl sites for hydroxylation is 1. The first-order chi connectivity index (χ1) is 20.0. The van der Waals surface area contributed by atoms with Crippen molar-refractivity contribution in [3.63, 3.8) is 0 Å². The van der Waals surface area contributed by atoms with Crippen LogP contribution in [0.3, 0.4) is 0 Å². The lowest BCUT2D eigenvalue weighted by Gasteiger charge is -2.38. The summed E-state index contributed by atoms with van der Waals surface area (Å²) >= 11 is 0. The van der Waals surface area contributed by atoms with E-state index >= 15 is 0 Å². The molecule has 2 fully saturated rings. The maximum atomic E-state index is 13.8. The number of pyridine rings is 1. The van der Waals surface area contributed by atoms with Crippen LogP contribution in [0.4, 0.5) is 4.79 Å². The highest BCUT2D eigenvalue weighted by molar-refractivity contribution is 5.98. The van der Waals surface area contributed by atoms with Crippen molar-refractivity contribution in [1.82, 2.24) is 29.3 Å². The van der Waals surface area contributed by atoms with Gasteiger partial charge >= 0.3 is 6.09 Å². The average Bonchev–Trinajstić information content (AvgIpc) is 3.62. The first kappa shape index (κ1) is 28.1. The molecule has 4 heterocycles. The monoisotopic (exact) mass is 572 g/mol. The molecule has 4 aromatic rings. The largest absolute Gasteiger partial charge is 0.481 e. The van der Waals surface area contributed by atoms with Crippen molar-refractivity contribution in [2.24, 2.45) is 13.0 Å². The number of nitrogens with one attached hydrogen (secondary N) is 1. The Labute approximate surface area is 246 Å². The van der Waals surface area contributed by atoms with Crippen LogP contribution in [0.1, 0.15) is 63.7 Å². The molecule has 10 heteroatoms. The minimum Gasteiger partial charge on any atom is -0.481 e. The zero-order chi connectivity index (χ0) is 29.8. The molecule has 6 rings (SSSR count). The second kappa shape index (κ2) is 10.6. The molecule has 0 unspecified atom stereocenters. The Balaban J connectivity index is 1.29. The van der Waals surface area contributed by atoms with Crippen molar-refractivity contribution >= 4 is 34.1 Å². The Morgan fingerprint density at radius 1 is 1.05 bits per heavy atom. The van der Waals surface area contributed by atoms with E-state index < -0.39 is 11.7 Å². The number of methoxy groups -OCH3 is 1. The van der Waals surface area contributed by atoms with E-state index in [1.807, 2.05) is 63.1 Å². The molecule has 2 atom stereocenters. The van der Waals surface area contributed by atoms with Crippen LogP contribution in [0.15, 0.2) is 36.4 Å². The molecule has 1 aliphatic heterocycles. The van der Waals surface area contributed by atoms with Gasteiger partial charge in [-0.15, -0.1) is 0 Å². The molecule has 222 valence electrons. The number of likely N-dealkylation sites (tertiary alicyclic amines) is 1. The van der Waals surface area contributed by atoms with Gasteiger partial charge in [-0.3, -0.25) is 4.79 Å². The molecular formula is C32H40N6O4. The Morgan fingerprint density at radius 3 is 2.55 bits per heavy atom.